The van der Waals surface area contributed by atoms with Crippen molar-refractivity contribution in [1.82, 2.24) is 24.1 Å². The molecule has 0 radical (unpaired) electrons. The molecule has 3 heterocycles. The van der Waals surface area contributed by atoms with E-state index in [1.165, 1.54) is 28.7 Å². The van der Waals surface area contributed by atoms with E-state index in [-0.39, 0.29) is 5.56 Å². The molecular weight excluding hydrogens is 462 g/mol. The molecule has 9 heteroatoms. The van der Waals surface area contributed by atoms with Gasteiger partial charge >= 0.3 is 0 Å². The lowest BCUT2D eigenvalue weighted by Gasteiger charge is -2.11. The Morgan fingerprint density at radius 2 is 1.78 bits per heavy atom. The van der Waals surface area contributed by atoms with Gasteiger partial charge in [-0.25, -0.2) is 4.98 Å². The van der Waals surface area contributed by atoms with Crippen LogP contribution in [0.3, 0.4) is 0 Å². The molecule has 0 amide bonds. The third kappa shape index (κ3) is 3.97. The highest BCUT2D eigenvalue weighted by molar-refractivity contribution is 7.98. The average molecular weight is 480 g/mol. The van der Waals surface area contributed by atoms with Crippen molar-refractivity contribution in [3.05, 3.63) is 92.3 Å². The van der Waals surface area contributed by atoms with Crippen LogP contribution >= 0.6 is 34.7 Å². The van der Waals surface area contributed by atoms with E-state index >= 15 is 0 Å². The van der Waals surface area contributed by atoms with Crippen molar-refractivity contribution in [1.29, 1.82) is 0 Å². The molecule has 0 aliphatic rings. The summed E-state index contributed by atoms with van der Waals surface area (Å²) in [5.41, 5.74) is 4.60. The lowest BCUT2D eigenvalue weighted by molar-refractivity contribution is 0.884. The van der Waals surface area contributed by atoms with Gasteiger partial charge in [0.2, 0.25) is 0 Å². The second-order valence-corrected chi connectivity index (χ2v) is 9.57. The molecule has 2 aromatic carbocycles. The fraction of sp³-hybridized carbons (Fsp3) is 0.130. The van der Waals surface area contributed by atoms with Crippen LogP contribution in [0.15, 0.2) is 69.9 Å². The first-order valence-corrected chi connectivity index (χ1v) is 12.1. The standard InChI is InChI=1S/C23H18ClN5OS2/c1-14-3-5-16(6-4-14)21-26-27-23(29(21)19-9-7-17(24)8-10-19)32-13-18-11-20(30)28-15(2)12-31-22(28)25-18/h3-12H,13H2,1-2H3. The zero-order valence-electron chi connectivity index (χ0n) is 17.3. The van der Waals surface area contributed by atoms with E-state index in [0.29, 0.717) is 26.6 Å². The monoisotopic (exact) mass is 479 g/mol. The summed E-state index contributed by atoms with van der Waals surface area (Å²) in [7, 11) is 0. The van der Waals surface area contributed by atoms with Crippen LogP contribution in [0.1, 0.15) is 17.0 Å². The molecule has 0 fully saturated rings. The van der Waals surface area contributed by atoms with Gasteiger partial charge in [-0.1, -0.05) is 53.2 Å². The van der Waals surface area contributed by atoms with E-state index < -0.39 is 0 Å². The number of thiazole rings is 1. The van der Waals surface area contributed by atoms with Gasteiger partial charge in [-0.15, -0.1) is 21.5 Å². The number of aryl methyl sites for hydroxylation is 2. The maximum Gasteiger partial charge on any atom is 0.258 e. The fourth-order valence-electron chi connectivity index (χ4n) is 3.39. The number of thioether (sulfide) groups is 1. The largest absolute Gasteiger partial charge is 0.270 e. The third-order valence-electron chi connectivity index (χ3n) is 5.01. The van der Waals surface area contributed by atoms with E-state index in [4.69, 9.17) is 11.6 Å². The molecule has 0 saturated carbocycles. The Hall–Kier alpha value is -2.94. The van der Waals surface area contributed by atoms with Crippen LogP contribution in [0.2, 0.25) is 5.02 Å². The first kappa shape index (κ1) is 20.9. The predicted octanol–water partition coefficient (Wildman–Crippen LogP) is 5.57. The number of hydrogen-bond acceptors (Lipinski definition) is 6. The topological polar surface area (TPSA) is 65.1 Å². The maximum absolute atomic E-state index is 12.5. The number of nitrogens with zero attached hydrogens (tertiary/aromatic N) is 5. The maximum atomic E-state index is 12.5. The molecule has 0 spiro atoms. The predicted molar refractivity (Wildman–Crippen MR) is 130 cm³/mol. The van der Waals surface area contributed by atoms with Crippen LogP contribution in [0, 0.1) is 13.8 Å². The molecule has 0 aliphatic carbocycles. The number of fused-ring (bicyclic) bond motifs is 1. The summed E-state index contributed by atoms with van der Waals surface area (Å²) in [6.45, 7) is 3.96. The minimum Gasteiger partial charge on any atom is -0.270 e. The SMILES string of the molecule is Cc1ccc(-c2nnc(SCc3cc(=O)n4c(C)csc4n3)n2-c2ccc(Cl)cc2)cc1. The van der Waals surface area contributed by atoms with Gasteiger partial charge in [0.15, 0.2) is 15.9 Å². The molecule has 160 valence electrons. The van der Waals surface area contributed by atoms with Crippen molar-refractivity contribution in [2.45, 2.75) is 24.8 Å². The van der Waals surface area contributed by atoms with Gasteiger partial charge in [0, 0.05) is 39.2 Å². The summed E-state index contributed by atoms with van der Waals surface area (Å²) < 4.78 is 3.64. The van der Waals surface area contributed by atoms with E-state index in [9.17, 15) is 4.79 Å². The quantitative estimate of drug-likeness (QED) is 0.308. The van der Waals surface area contributed by atoms with Crippen LogP contribution < -0.4 is 5.56 Å². The zero-order valence-corrected chi connectivity index (χ0v) is 19.7. The van der Waals surface area contributed by atoms with Gasteiger partial charge in [0.25, 0.3) is 5.56 Å². The lowest BCUT2D eigenvalue weighted by atomic mass is 10.1. The summed E-state index contributed by atoms with van der Waals surface area (Å²) >= 11 is 9.06. The van der Waals surface area contributed by atoms with Crippen LogP contribution in [0.25, 0.3) is 22.0 Å². The highest BCUT2D eigenvalue weighted by Crippen LogP contribution is 2.30. The average Bonchev–Trinajstić information content (AvgIpc) is 3.37. The van der Waals surface area contributed by atoms with Gasteiger partial charge in [0.1, 0.15) is 0 Å². The first-order chi connectivity index (χ1) is 15.5. The summed E-state index contributed by atoms with van der Waals surface area (Å²) in [6, 6.07) is 17.4. The van der Waals surface area contributed by atoms with Crippen LogP contribution in [-0.4, -0.2) is 24.1 Å². The van der Waals surface area contributed by atoms with E-state index in [1.54, 1.807) is 10.5 Å². The van der Waals surface area contributed by atoms with E-state index in [2.05, 4.69) is 34.2 Å². The van der Waals surface area contributed by atoms with Gasteiger partial charge in [-0.3, -0.25) is 13.8 Å². The summed E-state index contributed by atoms with van der Waals surface area (Å²) in [4.78, 5) is 17.8. The Morgan fingerprint density at radius 3 is 2.53 bits per heavy atom. The second kappa shape index (κ2) is 8.54. The Morgan fingerprint density at radius 1 is 1.03 bits per heavy atom. The fourth-order valence-corrected chi connectivity index (χ4v) is 5.25. The summed E-state index contributed by atoms with van der Waals surface area (Å²) in [5.74, 6) is 1.25. The molecule has 6 nitrogen and oxygen atoms in total. The minimum atomic E-state index is -0.0659. The highest BCUT2D eigenvalue weighted by atomic mass is 35.5. The highest BCUT2D eigenvalue weighted by Gasteiger charge is 2.17. The Kier molecular flexibility index (Phi) is 5.58. The van der Waals surface area contributed by atoms with Crippen molar-refractivity contribution < 1.29 is 0 Å². The normalized spacial score (nSPS) is 11.3. The molecule has 5 rings (SSSR count). The molecular formula is C23H18ClN5OS2. The number of benzene rings is 2. The Labute approximate surface area is 197 Å². The Bertz CT molecular complexity index is 1470. The number of hydrogen-bond donors (Lipinski definition) is 0. The van der Waals surface area contributed by atoms with E-state index in [1.807, 2.05) is 53.3 Å². The zero-order chi connectivity index (χ0) is 22.2. The molecule has 0 atom stereocenters. The van der Waals surface area contributed by atoms with Gasteiger partial charge < -0.3 is 0 Å². The molecule has 0 bridgehead atoms. The van der Waals surface area contributed by atoms with E-state index in [0.717, 1.165) is 22.8 Å². The number of aromatic nitrogens is 5. The van der Waals surface area contributed by atoms with Crippen LogP contribution in [-0.2, 0) is 5.75 Å². The molecule has 0 saturated heterocycles. The summed E-state index contributed by atoms with van der Waals surface area (Å²) in [6.07, 6.45) is 0. The molecule has 0 aliphatic heterocycles. The molecule has 32 heavy (non-hydrogen) atoms. The molecule has 0 unspecified atom stereocenters. The molecule has 3 aromatic heterocycles. The third-order valence-corrected chi connectivity index (χ3v) is 7.16. The second-order valence-electron chi connectivity index (χ2n) is 7.35. The smallest absolute Gasteiger partial charge is 0.258 e. The van der Waals surface area contributed by atoms with Crippen molar-refractivity contribution in [2.24, 2.45) is 0 Å². The van der Waals surface area contributed by atoms with Crippen LogP contribution in [0.4, 0.5) is 0 Å². The van der Waals surface area contributed by atoms with Crippen molar-refractivity contribution in [3.8, 4) is 17.1 Å². The van der Waals surface area contributed by atoms with Crippen molar-refractivity contribution in [3.63, 3.8) is 0 Å². The van der Waals surface area contributed by atoms with Crippen LogP contribution in [0.5, 0.6) is 0 Å². The molecule has 0 N–H and O–H groups in total. The number of halogens is 1. The van der Waals surface area contributed by atoms with Crippen molar-refractivity contribution in [2.75, 3.05) is 0 Å². The number of rotatable bonds is 5. The lowest BCUT2D eigenvalue weighted by Crippen LogP contribution is -2.14. The first-order valence-electron chi connectivity index (χ1n) is 9.87. The van der Waals surface area contributed by atoms with Gasteiger partial charge in [-0.2, -0.15) is 0 Å². The summed E-state index contributed by atoms with van der Waals surface area (Å²) in [5, 5.41) is 12.2. The van der Waals surface area contributed by atoms with Gasteiger partial charge in [-0.05, 0) is 38.1 Å². The van der Waals surface area contributed by atoms with Gasteiger partial charge in [0.05, 0.1) is 5.69 Å². The molecule has 5 aromatic rings. The van der Waals surface area contributed by atoms with Crippen molar-refractivity contribution >= 4 is 39.7 Å². The minimum absolute atomic E-state index is 0.0659. The Balaban J connectivity index is 1.53.